The van der Waals surface area contributed by atoms with Gasteiger partial charge in [-0.2, -0.15) is 18.3 Å². The van der Waals surface area contributed by atoms with E-state index in [4.69, 9.17) is 9.90 Å². The van der Waals surface area contributed by atoms with E-state index in [-0.39, 0.29) is 6.03 Å². The number of rotatable bonds is 4. The number of urea groups is 1. The molecule has 3 aromatic rings. The second-order valence-corrected chi connectivity index (χ2v) is 6.10. The number of amides is 2. The largest absolute Gasteiger partial charge is 0.490 e. The second-order valence-electron chi connectivity index (χ2n) is 6.10. The van der Waals surface area contributed by atoms with Crippen LogP contribution in [0.5, 0.6) is 0 Å². The molecule has 0 bridgehead atoms. The number of anilines is 1. The Balaban J connectivity index is 0.000000396. The lowest BCUT2D eigenvalue weighted by Crippen LogP contribution is -2.28. The fourth-order valence-corrected chi connectivity index (χ4v) is 2.31. The van der Waals surface area contributed by atoms with Crippen LogP contribution in [-0.2, 0) is 11.3 Å². The summed E-state index contributed by atoms with van der Waals surface area (Å²) in [6.45, 7) is 2.54. The number of halogens is 3. The molecule has 2 amide bonds. The van der Waals surface area contributed by atoms with E-state index in [9.17, 15) is 18.0 Å². The van der Waals surface area contributed by atoms with Crippen molar-refractivity contribution in [1.82, 2.24) is 15.5 Å². The first-order valence-electron chi connectivity index (χ1n) is 8.65. The minimum Gasteiger partial charge on any atom is -0.475 e. The standard InChI is InChI=1S/C18H18N4O.C2HF3O2/c1-13-4-2-3-5-15(13)10-19-18(23)22-17-8-6-14(7-9-17)16-11-20-21-12-16;3-2(4,5)1(6)7/h2-9,11-12H,10H2,1H3,(H,20,21)(H2,19,22,23);(H,6,7). The third-order valence-electron chi connectivity index (χ3n) is 3.92. The first kappa shape index (κ1) is 22.5. The van der Waals surface area contributed by atoms with Crippen LogP contribution in [0.4, 0.5) is 23.7 Å². The Bertz CT molecular complexity index is 972. The van der Waals surface area contributed by atoms with E-state index < -0.39 is 12.1 Å². The van der Waals surface area contributed by atoms with Crippen LogP contribution in [0, 0.1) is 6.92 Å². The van der Waals surface area contributed by atoms with E-state index in [1.807, 2.05) is 61.7 Å². The highest BCUT2D eigenvalue weighted by Crippen LogP contribution is 2.20. The maximum Gasteiger partial charge on any atom is 0.490 e. The molecule has 1 aromatic heterocycles. The van der Waals surface area contributed by atoms with Crippen LogP contribution in [0.1, 0.15) is 11.1 Å². The molecule has 3 rings (SSSR count). The maximum atomic E-state index is 12.0. The molecule has 0 saturated heterocycles. The summed E-state index contributed by atoms with van der Waals surface area (Å²) in [6.07, 6.45) is -1.49. The molecule has 0 radical (unpaired) electrons. The highest BCUT2D eigenvalue weighted by Gasteiger charge is 2.38. The average Bonchev–Trinajstić information content (AvgIpc) is 3.22. The number of carbonyl (C=O) groups is 2. The van der Waals surface area contributed by atoms with Gasteiger partial charge in [-0.05, 0) is 35.7 Å². The normalized spacial score (nSPS) is 10.5. The number of hydrogen-bond acceptors (Lipinski definition) is 3. The zero-order chi connectivity index (χ0) is 22.1. The number of nitrogens with one attached hydrogen (secondary N) is 3. The highest BCUT2D eigenvalue weighted by atomic mass is 19.4. The van der Waals surface area contributed by atoms with Crippen molar-refractivity contribution in [2.45, 2.75) is 19.6 Å². The van der Waals surface area contributed by atoms with Gasteiger partial charge in [0.05, 0.1) is 6.20 Å². The number of aromatic nitrogens is 2. The van der Waals surface area contributed by atoms with E-state index in [0.29, 0.717) is 6.54 Å². The van der Waals surface area contributed by atoms with E-state index >= 15 is 0 Å². The van der Waals surface area contributed by atoms with E-state index in [1.165, 1.54) is 0 Å². The van der Waals surface area contributed by atoms with Crippen molar-refractivity contribution >= 4 is 17.7 Å². The molecule has 158 valence electrons. The summed E-state index contributed by atoms with van der Waals surface area (Å²) in [5, 5.41) is 19.5. The lowest BCUT2D eigenvalue weighted by Gasteiger charge is -2.09. The molecule has 7 nitrogen and oxygen atoms in total. The van der Waals surface area contributed by atoms with Gasteiger partial charge in [-0.25, -0.2) is 9.59 Å². The minimum atomic E-state index is -5.08. The Labute approximate surface area is 169 Å². The number of carbonyl (C=O) groups excluding carboxylic acids is 1. The van der Waals surface area contributed by atoms with E-state index in [1.54, 1.807) is 6.20 Å². The molecule has 0 aliphatic rings. The van der Waals surface area contributed by atoms with Crippen LogP contribution in [0.2, 0.25) is 0 Å². The second kappa shape index (κ2) is 10.1. The Morgan fingerprint density at radius 3 is 2.23 bits per heavy atom. The Hall–Kier alpha value is -3.82. The number of benzene rings is 2. The molecule has 0 spiro atoms. The molecular formula is C20H19F3N4O3. The van der Waals surface area contributed by atoms with Crippen LogP contribution in [0.3, 0.4) is 0 Å². The fourth-order valence-electron chi connectivity index (χ4n) is 2.31. The monoisotopic (exact) mass is 420 g/mol. The van der Waals surface area contributed by atoms with Crippen molar-refractivity contribution in [3.05, 3.63) is 72.1 Å². The third kappa shape index (κ3) is 6.97. The lowest BCUT2D eigenvalue weighted by atomic mass is 10.1. The van der Waals surface area contributed by atoms with Crippen LogP contribution in [-0.4, -0.2) is 33.5 Å². The van der Waals surface area contributed by atoms with E-state index in [0.717, 1.165) is 27.9 Å². The number of carboxylic acids is 1. The third-order valence-corrected chi connectivity index (χ3v) is 3.92. The van der Waals surface area contributed by atoms with Crippen LogP contribution in [0.25, 0.3) is 11.1 Å². The number of aromatic amines is 1. The fraction of sp³-hybridized carbons (Fsp3) is 0.150. The maximum absolute atomic E-state index is 12.0. The quantitative estimate of drug-likeness (QED) is 0.504. The number of hydrogen-bond donors (Lipinski definition) is 4. The summed E-state index contributed by atoms with van der Waals surface area (Å²) in [4.78, 5) is 20.9. The molecule has 0 saturated carbocycles. The van der Waals surface area contributed by atoms with Gasteiger partial charge in [0.25, 0.3) is 0 Å². The zero-order valence-corrected chi connectivity index (χ0v) is 15.8. The summed E-state index contributed by atoms with van der Waals surface area (Å²) in [6, 6.07) is 15.4. The van der Waals surface area contributed by atoms with Crippen molar-refractivity contribution in [3.8, 4) is 11.1 Å². The predicted octanol–water partition coefficient (Wildman–Crippen LogP) is 4.34. The van der Waals surface area contributed by atoms with Gasteiger partial charge in [-0.1, -0.05) is 36.4 Å². The molecule has 0 unspecified atom stereocenters. The molecule has 0 atom stereocenters. The van der Waals surface area contributed by atoms with Crippen LogP contribution < -0.4 is 10.6 Å². The van der Waals surface area contributed by atoms with Crippen molar-refractivity contribution in [1.29, 1.82) is 0 Å². The number of nitrogens with zero attached hydrogens (tertiary/aromatic N) is 1. The summed E-state index contributed by atoms with van der Waals surface area (Å²) in [5.74, 6) is -2.76. The minimum absolute atomic E-state index is 0.218. The molecule has 1 heterocycles. The van der Waals surface area contributed by atoms with Gasteiger partial charge in [0.15, 0.2) is 0 Å². The summed E-state index contributed by atoms with van der Waals surface area (Å²) in [5.41, 5.74) is 5.08. The number of carboxylic acid groups (broad SMARTS) is 1. The predicted molar refractivity (Wildman–Crippen MR) is 105 cm³/mol. The lowest BCUT2D eigenvalue weighted by molar-refractivity contribution is -0.192. The van der Waals surface area contributed by atoms with Gasteiger partial charge in [0, 0.05) is 24.0 Å². The molecule has 0 aliphatic heterocycles. The van der Waals surface area contributed by atoms with Gasteiger partial charge >= 0.3 is 18.2 Å². The molecule has 30 heavy (non-hydrogen) atoms. The molecule has 10 heteroatoms. The number of aryl methyl sites for hydroxylation is 1. The number of H-pyrrole nitrogens is 1. The van der Waals surface area contributed by atoms with Crippen LogP contribution >= 0.6 is 0 Å². The van der Waals surface area contributed by atoms with Gasteiger partial charge in [-0.15, -0.1) is 0 Å². The average molecular weight is 420 g/mol. The smallest absolute Gasteiger partial charge is 0.475 e. The van der Waals surface area contributed by atoms with Gasteiger partial charge in [0.2, 0.25) is 0 Å². The van der Waals surface area contributed by atoms with E-state index in [2.05, 4.69) is 20.8 Å². The Kier molecular flexibility index (Phi) is 7.56. The van der Waals surface area contributed by atoms with Gasteiger partial charge in [-0.3, -0.25) is 5.10 Å². The highest BCUT2D eigenvalue weighted by molar-refractivity contribution is 5.89. The Morgan fingerprint density at radius 1 is 1.07 bits per heavy atom. The molecule has 4 N–H and O–H groups in total. The number of aliphatic carboxylic acids is 1. The van der Waals surface area contributed by atoms with Gasteiger partial charge in [0.1, 0.15) is 0 Å². The van der Waals surface area contributed by atoms with Crippen molar-refractivity contribution in [2.75, 3.05) is 5.32 Å². The summed E-state index contributed by atoms with van der Waals surface area (Å²) >= 11 is 0. The van der Waals surface area contributed by atoms with Gasteiger partial charge < -0.3 is 15.7 Å². The summed E-state index contributed by atoms with van der Waals surface area (Å²) in [7, 11) is 0. The molecular weight excluding hydrogens is 401 g/mol. The Morgan fingerprint density at radius 2 is 1.70 bits per heavy atom. The SMILES string of the molecule is Cc1ccccc1CNC(=O)Nc1ccc(-c2cn[nH]c2)cc1.O=C(O)C(F)(F)F. The molecule has 2 aromatic carbocycles. The van der Waals surface area contributed by atoms with Crippen LogP contribution in [0.15, 0.2) is 60.9 Å². The topological polar surface area (TPSA) is 107 Å². The van der Waals surface area contributed by atoms with Crippen molar-refractivity contribution in [2.24, 2.45) is 0 Å². The van der Waals surface area contributed by atoms with Crippen molar-refractivity contribution in [3.63, 3.8) is 0 Å². The first-order chi connectivity index (χ1) is 14.2. The number of alkyl halides is 3. The molecule has 0 fully saturated rings. The first-order valence-corrected chi connectivity index (χ1v) is 8.65. The van der Waals surface area contributed by atoms with Crippen molar-refractivity contribution < 1.29 is 27.9 Å². The summed E-state index contributed by atoms with van der Waals surface area (Å²) < 4.78 is 31.7. The molecule has 0 aliphatic carbocycles. The zero-order valence-electron chi connectivity index (χ0n) is 15.8.